The molecule has 3 aliphatic rings. The van der Waals surface area contributed by atoms with Gasteiger partial charge in [-0.3, -0.25) is 14.4 Å². The second kappa shape index (κ2) is 11.3. The predicted octanol–water partition coefficient (Wildman–Crippen LogP) is 3.89. The summed E-state index contributed by atoms with van der Waals surface area (Å²) in [5.74, 6) is -0.881. The van der Waals surface area contributed by atoms with Crippen LogP contribution in [0.25, 0.3) is 0 Å². The number of hydrogen-bond donors (Lipinski definition) is 2. The molecule has 0 saturated carbocycles. The van der Waals surface area contributed by atoms with E-state index in [4.69, 9.17) is 21.1 Å². The van der Waals surface area contributed by atoms with Crippen molar-refractivity contribution in [2.24, 2.45) is 0 Å². The van der Waals surface area contributed by atoms with E-state index in [0.29, 0.717) is 36.6 Å². The Balaban J connectivity index is 1.44. The summed E-state index contributed by atoms with van der Waals surface area (Å²) < 4.78 is 26.5. The molecular formula is C29H27ClFN3O5. The summed E-state index contributed by atoms with van der Waals surface area (Å²) in [5, 5.41) is 6.01. The van der Waals surface area contributed by atoms with Crippen molar-refractivity contribution in [1.29, 1.82) is 0 Å². The molecule has 6 rings (SSSR count). The van der Waals surface area contributed by atoms with Crippen LogP contribution in [-0.4, -0.2) is 54.5 Å². The minimum atomic E-state index is -0.705. The van der Waals surface area contributed by atoms with E-state index in [1.807, 2.05) is 19.1 Å². The molecular weight excluding hydrogens is 525 g/mol. The third kappa shape index (κ3) is 6.15. The molecule has 8 nitrogen and oxygen atoms in total. The Bertz CT molecular complexity index is 1410. The first kappa shape index (κ1) is 26.5. The monoisotopic (exact) mass is 551 g/mol. The van der Waals surface area contributed by atoms with E-state index in [2.05, 4.69) is 10.6 Å². The molecule has 0 unspecified atom stereocenters. The normalized spacial score (nSPS) is 19.6. The zero-order valence-electron chi connectivity index (χ0n) is 21.2. The number of hydrogen-bond acceptors (Lipinski definition) is 5. The fourth-order valence-electron chi connectivity index (χ4n) is 4.63. The van der Waals surface area contributed by atoms with Gasteiger partial charge in [-0.25, -0.2) is 4.39 Å². The number of fused-ring (bicyclic) bond motifs is 7. The lowest BCUT2D eigenvalue weighted by atomic mass is 9.99. The average Bonchev–Trinajstić information content (AvgIpc) is 2.92. The Morgan fingerprint density at radius 2 is 1.87 bits per heavy atom. The molecule has 202 valence electrons. The number of amides is 3. The largest absolute Gasteiger partial charge is 0.488 e. The molecule has 3 aromatic carbocycles. The highest BCUT2D eigenvalue weighted by Crippen LogP contribution is 2.25. The smallest absolute Gasteiger partial charge is 0.258 e. The van der Waals surface area contributed by atoms with Crippen molar-refractivity contribution in [2.75, 3.05) is 19.7 Å². The molecule has 0 aromatic heterocycles. The predicted molar refractivity (Wildman–Crippen MR) is 143 cm³/mol. The SMILES string of the molecule is Cc1ccc2cc1OCC(=O)NCc1ccc(cc1)O[C@H]1CCN(C(=O)c3ccc(Cl)cc3F)C[C@@H]1NC2=O. The molecule has 3 aromatic rings. The van der Waals surface area contributed by atoms with E-state index in [9.17, 15) is 18.8 Å². The van der Waals surface area contributed by atoms with Crippen LogP contribution in [0.5, 0.6) is 11.5 Å². The van der Waals surface area contributed by atoms with Gasteiger partial charge < -0.3 is 25.0 Å². The lowest BCUT2D eigenvalue weighted by molar-refractivity contribution is -0.123. The van der Waals surface area contributed by atoms with Gasteiger partial charge >= 0.3 is 0 Å². The maximum Gasteiger partial charge on any atom is 0.258 e. The molecule has 0 aliphatic carbocycles. The van der Waals surface area contributed by atoms with Gasteiger partial charge in [0.25, 0.3) is 17.7 Å². The Morgan fingerprint density at radius 1 is 1.08 bits per heavy atom. The zero-order valence-corrected chi connectivity index (χ0v) is 22.0. The van der Waals surface area contributed by atoms with Gasteiger partial charge in [-0.1, -0.05) is 29.8 Å². The molecule has 3 aliphatic heterocycles. The second-order valence-electron chi connectivity index (χ2n) is 9.59. The van der Waals surface area contributed by atoms with Crippen LogP contribution in [0.3, 0.4) is 0 Å². The van der Waals surface area contributed by atoms with Gasteiger partial charge in [0.05, 0.1) is 11.6 Å². The van der Waals surface area contributed by atoms with Crippen LogP contribution in [0.4, 0.5) is 4.39 Å². The van der Waals surface area contributed by atoms with E-state index in [-0.39, 0.29) is 29.6 Å². The van der Waals surface area contributed by atoms with E-state index >= 15 is 0 Å². The van der Waals surface area contributed by atoms with Crippen molar-refractivity contribution in [3.8, 4) is 11.5 Å². The van der Waals surface area contributed by atoms with E-state index in [1.165, 1.54) is 17.0 Å². The number of nitrogens with zero attached hydrogens (tertiary/aromatic N) is 1. The highest BCUT2D eigenvalue weighted by molar-refractivity contribution is 6.30. The summed E-state index contributed by atoms with van der Waals surface area (Å²) in [5.41, 5.74) is 1.89. The van der Waals surface area contributed by atoms with Crippen molar-refractivity contribution in [2.45, 2.75) is 32.0 Å². The minimum Gasteiger partial charge on any atom is -0.488 e. The number of carbonyl (C=O) groups excluding carboxylic acids is 3. The molecule has 39 heavy (non-hydrogen) atoms. The molecule has 2 N–H and O–H groups in total. The number of aryl methyl sites for hydroxylation is 1. The summed E-state index contributed by atoms with van der Waals surface area (Å²) in [6.07, 6.45) is -0.0399. The van der Waals surface area contributed by atoms with Gasteiger partial charge in [0, 0.05) is 36.6 Å². The maximum atomic E-state index is 14.5. The molecule has 3 amide bonds. The second-order valence-corrected chi connectivity index (χ2v) is 10.0. The lowest BCUT2D eigenvalue weighted by Gasteiger charge is -2.39. The molecule has 0 radical (unpaired) electrons. The number of carbonyl (C=O) groups is 3. The molecule has 0 spiro atoms. The van der Waals surface area contributed by atoms with Crippen molar-refractivity contribution in [3.05, 3.63) is 93.8 Å². The van der Waals surface area contributed by atoms with Crippen LogP contribution in [0.1, 0.15) is 38.3 Å². The van der Waals surface area contributed by atoms with Gasteiger partial charge in [-0.15, -0.1) is 0 Å². The number of likely N-dealkylation sites (tertiary alicyclic amines) is 1. The summed E-state index contributed by atoms with van der Waals surface area (Å²) in [4.78, 5) is 40.3. The van der Waals surface area contributed by atoms with Crippen LogP contribution in [-0.2, 0) is 11.3 Å². The van der Waals surface area contributed by atoms with Crippen LogP contribution in [0.2, 0.25) is 5.02 Å². The fraction of sp³-hybridized carbons (Fsp3) is 0.276. The Kier molecular flexibility index (Phi) is 7.70. The van der Waals surface area contributed by atoms with E-state index in [0.717, 1.165) is 17.2 Å². The molecule has 4 bridgehead atoms. The summed E-state index contributed by atoms with van der Waals surface area (Å²) in [7, 11) is 0. The number of benzene rings is 3. The van der Waals surface area contributed by atoms with Gasteiger partial charge in [-0.2, -0.15) is 0 Å². The van der Waals surface area contributed by atoms with Crippen molar-refractivity contribution in [1.82, 2.24) is 15.5 Å². The number of rotatable bonds is 1. The van der Waals surface area contributed by atoms with E-state index < -0.39 is 29.8 Å². The molecule has 1 fully saturated rings. The summed E-state index contributed by atoms with van der Waals surface area (Å²) in [6.45, 7) is 2.37. The quantitative estimate of drug-likeness (QED) is 0.478. The number of ether oxygens (including phenoxy) is 2. The lowest BCUT2D eigenvalue weighted by Crippen LogP contribution is -2.58. The van der Waals surface area contributed by atoms with Crippen LogP contribution in [0.15, 0.2) is 60.7 Å². The van der Waals surface area contributed by atoms with Crippen LogP contribution in [0, 0.1) is 12.7 Å². The molecule has 3 heterocycles. The Morgan fingerprint density at radius 3 is 2.64 bits per heavy atom. The first-order valence-corrected chi connectivity index (χ1v) is 13.0. The van der Waals surface area contributed by atoms with Crippen molar-refractivity contribution < 1.29 is 28.2 Å². The Hall–Kier alpha value is -4.11. The third-order valence-corrected chi connectivity index (χ3v) is 7.06. The number of halogens is 2. The minimum absolute atomic E-state index is 0.0894. The van der Waals surface area contributed by atoms with Gasteiger partial charge in [0.1, 0.15) is 23.4 Å². The van der Waals surface area contributed by atoms with Crippen LogP contribution >= 0.6 is 11.6 Å². The number of nitrogens with one attached hydrogen (secondary N) is 2. The van der Waals surface area contributed by atoms with Crippen LogP contribution < -0.4 is 20.1 Å². The molecule has 1 saturated heterocycles. The first-order chi connectivity index (χ1) is 18.8. The molecule has 2 atom stereocenters. The van der Waals surface area contributed by atoms with Crippen molar-refractivity contribution >= 4 is 29.3 Å². The topological polar surface area (TPSA) is 97.0 Å². The Labute approximate surface area is 230 Å². The summed E-state index contributed by atoms with van der Waals surface area (Å²) >= 11 is 5.85. The van der Waals surface area contributed by atoms with Crippen molar-refractivity contribution in [3.63, 3.8) is 0 Å². The maximum absolute atomic E-state index is 14.5. The van der Waals surface area contributed by atoms with E-state index in [1.54, 1.807) is 30.3 Å². The fourth-order valence-corrected chi connectivity index (χ4v) is 4.79. The van der Waals surface area contributed by atoms with Gasteiger partial charge in [0.2, 0.25) is 0 Å². The highest BCUT2D eigenvalue weighted by atomic mass is 35.5. The average molecular weight is 552 g/mol. The third-order valence-electron chi connectivity index (χ3n) is 6.82. The first-order valence-electron chi connectivity index (χ1n) is 12.6. The molecule has 10 heteroatoms. The standard InChI is InChI=1S/C29H27ClFN3O5/c1-17-2-5-19-12-26(17)38-16-27(35)32-14-18-3-7-21(8-4-18)39-25-10-11-34(15-24(25)33-28(19)36)29(37)22-9-6-20(30)13-23(22)31/h2-9,12-13,24-25H,10-11,14-16H2,1H3,(H,32,35)(H,33,36)/t24-,25-/m0/s1. The zero-order chi connectivity index (χ0) is 27.5. The highest BCUT2D eigenvalue weighted by Gasteiger charge is 2.35. The summed E-state index contributed by atoms with van der Waals surface area (Å²) in [6, 6.07) is 15.6. The van der Waals surface area contributed by atoms with Gasteiger partial charge in [0.15, 0.2) is 6.61 Å². The van der Waals surface area contributed by atoms with Gasteiger partial charge in [-0.05, 0) is 60.5 Å². The number of piperidine rings is 1.